The molecule has 0 aliphatic rings. The first-order valence-electron chi connectivity index (χ1n) is 7.66. The molecule has 3 aromatic rings. The quantitative estimate of drug-likeness (QED) is 0.757. The molecule has 1 N–H and O–H groups in total. The Bertz CT molecular complexity index is 788. The zero-order valence-electron chi connectivity index (χ0n) is 13.3. The van der Waals surface area contributed by atoms with E-state index in [0.717, 1.165) is 17.1 Å². The molecule has 6 nitrogen and oxygen atoms in total. The first-order chi connectivity index (χ1) is 11.7. The van der Waals surface area contributed by atoms with E-state index in [-0.39, 0.29) is 18.5 Å². The maximum Gasteiger partial charge on any atom is 0.242 e. The van der Waals surface area contributed by atoms with E-state index < -0.39 is 0 Å². The van der Waals surface area contributed by atoms with E-state index in [1.165, 1.54) is 17.3 Å². The van der Waals surface area contributed by atoms with Crippen molar-refractivity contribution in [2.75, 3.05) is 0 Å². The van der Waals surface area contributed by atoms with Gasteiger partial charge in [-0.3, -0.25) is 4.79 Å². The Morgan fingerprint density at radius 2 is 1.92 bits per heavy atom. The van der Waals surface area contributed by atoms with Crippen molar-refractivity contribution in [1.82, 2.24) is 20.1 Å². The van der Waals surface area contributed by atoms with Gasteiger partial charge < -0.3 is 10.1 Å². The summed E-state index contributed by atoms with van der Waals surface area (Å²) in [6, 6.07) is 17.0. The van der Waals surface area contributed by atoms with E-state index in [1.54, 1.807) is 0 Å². The normalized spacial score (nSPS) is 11.7. The van der Waals surface area contributed by atoms with E-state index in [1.807, 2.05) is 61.5 Å². The van der Waals surface area contributed by atoms with Crippen LogP contribution < -0.4 is 10.1 Å². The van der Waals surface area contributed by atoms with E-state index in [2.05, 4.69) is 15.4 Å². The van der Waals surface area contributed by atoms with Crippen molar-refractivity contribution in [3.8, 4) is 11.5 Å². The number of aromatic nitrogens is 3. The molecule has 1 aromatic heterocycles. The monoisotopic (exact) mass is 322 g/mol. The van der Waals surface area contributed by atoms with E-state index in [4.69, 9.17) is 4.74 Å². The number of para-hydroxylation sites is 2. The molecule has 0 spiro atoms. The minimum absolute atomic E-state index is 0.131. The largest absolute Gasteiger partial charge is 0.457 e. The predicted molar refractivity (Wildman–Crippen MR) is 89.5 cm³/mol. The molecular formula is C18H18N4O2. The molecule has 3 rings (SSSR count). The maximum atomic E-state index is 12.1. The van der Waals surface area contributed by atoms with Crippen molar-refractivity contribution in [2.24, 2.45) is 0 Å². The zero-order chi connectivity index (χ0) is 16.8. The van der Waals surface area contributed by atoms with Crippen LogP contribution in [-0.2, 0) is 11.3 Å². The molecule has 0 aliphatic carbocycles. The minimum atomic E-state index is -0.194. The summed E-state index contributed by atoms with van der Waals surface area (Å²) in [5.74, 6) is 1.34. The van der Waals surface area contributed by atoms with Gasteiger partial charge in [0.2, 0.25) is 5.91 Å². The van der Waals surface area contributed by atoms with Crippen LogP contribution in [0.5, 0.6) is 11.5 Å². The predicted octanol–water partition coefficient (Wildman–Crippen LogP) is 2.95. The lowest BCUT2D eigenvalue weighted by Crippen LogP contribution is -2.30. The molecule has 122 valence electrons. The topological polar surface area (TPSA) is 69.0 Å². The molecule has 0 unspecified atom stereocenters. The Morgan fingerprint density at radius 3 is 2.67 bits per heavy atom. The summed E-state index contributed by atoms with van der Waals surface area (Å²) in [5.41, 5.74) is 0.910. The Kier molecular flexibility index (Phi) is 4.86. The van der Waals surface area contributed by atoms with Crippen molar-refractivity contribution in [1.29, 1.82) is 0 Å². The highest BCUT2D eigenvalue weighted by atomic mass is 16.5. The Balaban J connectivity index is 1.70. The van der Waals surface area contributed by atoms with Gasteiger partial charge in [0.05, 0.1) is 6.04 Å². The van der Waals surface area contributed by atoms with Gasteiger partial charge in [-0.05, 0) is 25.1 Å². The number of hydrogen-bond donors (Lipinski definition) is 1. The van der Waals surface area contributed by atoms with E-state index in [9.17, 15) is 4.79 Å². The van der Waals surface area contributed by atoms with Crippen LogP contribution in [-0.4, -0.2) is 20.7 Å². The van der Waals surface area contributed by atoms with Crippen LogP contribution in [0, 0.1) is 0 Å². The molecular weight excluding hydrogens is 304 g/mol. The van der Waals surface area contributed by atoms with Crippen molar-refractivity contribution < 1.29 is 9.53 Å². The number of benzene rings is 2. The van der Waals surface area contributed by atoms with Crippen LogP contribution in [0.4, 0.5) is 0 Å². The summed E-state index contributed by atoms with van der Waals surface area (Å²) < 4.78 is 7.42. The van der Waals surface area contributed by atoms with Gasteiger partial charge >= 0.3 is 0 Å². The molecule has 24 heavy (non-hydrogen) atoms. The van der Waals surface area contributed by atoms with Gasteiger partial charge in [-0.15, -0.1) is 0 Å². The van der Waals surface area contributed by atoms with Crippen molar-refractivity contribution in [3.05, 3.63) is 72.8 Å². The first kappa shape index (κ1) is 15.7. The summed E-state index contributed by atoms with van der Waals surface area (Å²) in [5, 5.41) is 6.88. The van der Waals surface area contributed by atoms with E-state index >= 15 is 0 Å². The standard InChI is InChI=1S/C18H18N4O2/c1-14(21-18(23)11-22-13-19-12-20-22)16-9-5-6-10-17(16)24-15-7-3-2-4-8-15/h2-10,12-14H,11H2,1H3,(H,21,23)/t14-/m0/s1. The van der Waals surface area contributed by atoms with Crippen LogP contribution >= 0.6 is 0 Å². The van der Waals surface area contributed by atoms with Gasteiger partial charge in [0.1, 0.15) is 30.7 Å². The second-order valence-electron chi connectivity index (χ2n) is 5.34. The molecule has 1 heterocycles. The molecule has 0 aliphatic heterocycles. The van der Waals surface area contributed by atoms with Crippen molar-refractivity contribution in [3.63, 3.8) is 0 Å². The van der Waals surface area contributed by atoms with Crippen LogP contribution in [0.15, 0.2) is 67.3 Å². The van der Waals surface area contributed by atoms with Crippen molar-refractivity contribution in [2.45, 2.75) is 19.5 Å². The minimum Gasteiger partial charge on any atom is -0.457 e. The van der Waals surface area contributed by atoms with Crippen LogP contribution in [0.2, 0.25) is 0 Å². The highest BCUT2D eigenvalue weighted by molar-refractivity contribution is 5.76. The molecule has 0 radical (unpaired) electrons. The SMILES string of the molecule is C[C@H](NC(=O)Cn1cncn1)c1ccccc1Oc1ccccc1. The van der Waals surface area contributed by atoms with Gasteiger partial charge in [-0.1, -0.05) is 36.4 Å². The number of nitrogens with one attached hydrogen (secondary N) is 1. The van der Waals surface area contributed by atoms with Crippen LogP contribution in [0.3, 0.4) is 0 Å². The molecule has 0 saturated heterocycles. The van der Waals surface area contributed by atoms with Crippen LogP contribution in [0.1, 0.15) is 18.5 Å². The molecule has 0 saturated carbocycles. The summed E-state index contributed by atoms with van der Waals surface area (Å²) >= 11 is 0. The molecule has 2 aromatic carbocycles. The molecule has 1 amide bonds. The van der Waals surface area contributed by atoms with Crippen molar-refractivity contribution >= 4 is 5.91 Å². The average Bonchev–Trinajstić information content (AvgIpc) is 3.09. The fourth-order valence-corrected chi connectivity index (χ4v) is 2.37. The Labute approximate surface area is 140 Å². The third-order valence-corrected chi connectivity index (χ3v) is 3.51. The molecule has 0 bridgehead atoms. The fraction of sp³-hybridized carbons (Fsp3) is 0.167. The third-order valence-electron chi connectivity index (χ3n) is 3.51. The van der Waals surface area contributed by atoms with Gasteiger partial charge in [0.25, 0.3) is 0 Å². The smallest absolute Gasteiger partial charge is 0.242 e. The lowest BCUT2D eigenvalue weighted by Gasteiger charge is -2.18. The third kappa shape index (κ3) is 3.98. The van der Waals surface area contributed by atoms with Gasteiger partial charge in [-0.2, -0.15) is 5.10 Å². The zero-order valence-corrected chi connectivity index (χ0v) is 13.3. The molecule has 0 fully saturated rings. The Morgan fingerprint density at radius 1 is 1.17 bits per heavy atom. The van der Waals surface area contributed by atoms with Gasteiger partial charge in [-0.25, -0.2) is 9.67 Å². The molecule has 1 atom stereocenters. The summed E-state index contributed by atoms with van der Waals surface area (Å²) in [7, 11) is 0. The summed E-state index contributed by atoms with van der Waals surface area (Å²) in [6.45, 7) is 2.05. The van der Waals surface area contributed by atoms with Gasteiger partial charge in [0.15, 0.2) is 0 Å². The number of hydrogen-bond acceptors (Lipinski definition) is 4. The number of nitrogens with zero attached hydrogens (tertiary/aromatic N) is 3. The maximum absolute atomic E-state index is 12.1. The Hall–Kier alpha value is -3.15. The first-order valence-corrected chi connectivity index (χ1v) is 7.66. The number of carbonyl (C=O) groups is 1. The van der Waals surface area contributed by atoms with Gasteiger partial charge in [0, 0.05) is 5.56 Å². The number of carbonyl (C=O) groups excluding carboxylic acids is 1. The summed E-state index contributed by atoms with van der Waals surface area (Å²) in [4.78, 5) is 15.9. The number of ether oxygens (including phenoxy) is 1. The average molecular weight is 322 g/mol. The second-order valence-corrected chi connectivity index (χ2v) is 5.34. The van der Waals surface area contributed by atoms with Crippen LogP contribution in [0.25, 0.3) is 0 Å². The lowest BCUT2D eigenvalue weighted by molar-refractivity contribution is -0.122. The fourth-order valence-electron chi connectivity index (χ4n) is 2.37. The highest BCUT2D eigenvalue weighted by Crippen LogP contribution is 2.29. The number of amides is 1. The molecule has 6 heteroatoms. The second kappa shape index (κ2) is 7.41. The summed E-state index contributed by atoms with van der Waals surface area (Å²) in [6.07, 6.45) is 2.91. The lowest BCUT2D eigenvalue weighted by atomic mass is 10.1. The number of rotatable bonds is 6. The highest BCUT2D eigenvalue weighted by Gasteiger charge is 2.15. The van der Waals surface area contributed by atoms with E-state index in [0.29, 0.717) is 0 Å².